The zero-order valence-corrected chi connectivity index (χ0v) is 11.7. The van der Waals surface area contributed by atoms with Crippen molar-refractivity contribution in [3.63, 3.8) is 0 Å². The van der Waals surface area contributed by atoms with Gasteiger partial charge in [0.15, 0.2) is 0 Å². The molecule has 0 spiro atoms. The van der Waals surface area contributed by atoms with E-state index in [9.17, 15) is 4.79 Å². The number of rotatable bonds is 4. The molecule has 3 heteroatoms. The third kappa shape index (κ3) is 4.77. The van der Waals surface area contributed by atoms with Crippen molar-refractivity contribution in [2.45, 2.75) is 57.0 Å². The predicted molar refractivity (Wildman–Crippen MR) is 69.7 cm³/mol. The average Bonchev–Trinajstić information content (AvgIpc) is 2.15. The van der Waals surface area contributed by atoms with Crippen LogP contribution in [0.5, 0.6) is 0 Å². The van der Waals surface area contributed by atoms with Crippen LogP contribution < -0.4 is 0 Å². The van der Waals surface area contributed by atoms with Crippen LogP contribution in [0.1, 0.15) is 46.5 Å². The lowest BCUT2D eigenvalue weighted by molar-refractivity contribution is -0.140. The van der Waals surface area contributed by atoms with Crippen LogP contribution in [-0.2, 0) is 9.53 Å². The summed E-state index contributed by atoms with van der Waals surface area (Å²) in [6, 6.07) is 0. The highest BCUT2D eigenvalue weighted by atomic mass is 32.2. The minimum atomic E-state index is -0.0862. The molecule has 0 aromatic carbocycles. The van der Waals surface area contributed by atoms with Gasteiger partial charge in [0.25, 0.3) is 0 Å². The quantitative estimate of drug-likeness (QED) is 0.708. The van der Waals surface area contributed by atoms with E-state index in [0.29, 0.717) is 11.7 Å². The molecule has 0 bridgehead atoms. The van der Waals surface area contributed by atoms with Crippen LogP contribution in [0.3, 0.4) is 0 Å². The summed E-state index contributed by atoms with van der Waals surface area (Å²) < 4.78 is 4.70. The summed E-state index contributed by atoms with van der Waals surface area (Å²) in [5.41, 5.74) is 0. The first-order valence-corrected chi connectivity index (χ1v) is 7.17. The molecule has 0 aliphatic heterocycles. The Bertz CT molecular complexity index is 220. The van der Waals surface area contributed by atoms with E-state index >= 15 is 0 Å². The average molecular weight is 244 g/mol. The fourth-order valence-electron chi connectivity index (χ4n) is 2.68. The van der Waals surface area contributed by atoms with Crippen LogP contribution in [0.2, 0.25) is 0 Å². The molecule has 0 aromatic heterocycles. The zero-order chi connectivity index (χ0) is 12.1. The summed E-state index contributed by atoms with van der Waals surface area (Å²) in [6.07, 6.45) is 4.52. The summed E-state index contributed by atoms with van der Waals surface area (Å²) in [6.45, 7) is 6.81. The van der Waals surface area contributed by atoms with Crippen molar-refractivity contribution in [1.82, 2.24) is 0 Å². The Labute approximate surface area is 104 Å². The van der Waals surface area contributed by atoms with E-state index in [4.69, 9.17) is 4.74 Å². The van der Waals surface area contributed by atoms with Gasteiger partial charge < -0.3 is 4.74 Å². The van der Waals surface area contributed by atoms with Gasteiger partial charge in [-0.05, 0) is 31.1 Å². The summed E-state index contributed by atoms with van der Waals surface area (Å²) >= 11 is 1.97. The first-order chi connectivity index (χ1) is 7.51. The Balaban J connectivity index is 2.32. The van der Waals surface area contributed by atoms with Gasteiger partial charge in [-0.2, -0.15) is 11.8 Å². The minimum absolute atomic E-state index is 0.0862. The predicted octanol–water partition coefficient (Wildman–Crippen LogP) is 3.50. The lowest BCUT2D eigenvalue weighted by Gasteiger charge is -2.32. The Morgan fingerprint density at radius 3 is 2.38 bits per heavy atom. The Morgan fingerprint density at radius 1 is 1.31 bits per heavy atom. The van der Waals surface area contributed by atoms with Gasteiger partial charge in [0, 0.05) is 10.5 Å². The number of thioether (sulfide) groups is 1. The van der Waals surface area contributed by atoms with E-state index in [1.54, 1.807) is 0 Å². The lowest BCUT2D eigenvalue weighted by Crippen LogP contribution is -2.23. The van der Waals surface area contributed by atoms with Crippen molar-refractivity contribution in [3.05, 3.63) is 0 Å². The molecule has 2 nitrogen and oxygen atoms in total. The summed E-state index contributed by atoms with van der Waals surface area (Å²) in [4.78, 5) is 11.2. The zero-order valence-electron chi connectivity index (χ0n) is 10.9. The Hall–Kier alpha value is -0.180. The largest absolute Gasteiger partial charge is 0.469 e. The maximum Gasteiger partial charge on any atom is 0.306 e. The van der Waals surface area contributed by atoms with E-state index in [0.717, 1.165) is 17.1 Å². The molecule has 94 valence electrons. The van der Waals surface area contributed by atoms with Gasteiger partial charge in [-0.25, -0.2) is 0 Å². The molecular formula is C13H24O2S. The minimum Gasteiger partial charge on any atom is -0.469 e. The molecule has 1 aliphatic rings. The molecule has 3 atom stereocenters. The molecular weight excluding hydrogens is 220 g/mol. The highest BCUT2D eigenvalue weighted by Gasteiger charge is 2.26. The van der Waals surface area contributed by atoms with Crippen molar-refractivity contribution in [2.24, 2.45) is 11.8 Å². The third-order valence-corrected chi connectivity index (χ3v) is 4.64. The van der Waals surface area contributed by atoms with Crippen LogP contribution in [0.25, 0.3) is 0 Å². The second-order valence-electron chi connectivity index (χ2n) is 5.27. The standard InChI is InChI=1S/C13H24O2S/c1-9-5-10(2)7-12(6-9)16-11(3)8-13(14)15-4/h9-12H,5-8H2,1-4H3. The molecule has 0 N–H and O–H groups in total. The first kappa shape index (κ1) is 13.9. The summed E-state index contributed by atoms with van der Waals surface area (Å²) in [7, 11) is 1.46. The molecule has 1 rings (SSSR count). The van der Waals surface area contributed by atoms with Crippen molar-refractivity contribution in [2.75, 3.05) is 7.11 Å². The molecule has 1 aliphatic carbocycles. The van der Waals surface area contributed by atoms with Crippen LogP contribution in [0.4, 0.5) is 0 Å². The Kier molecular flexibility index (Phi) is 5.67. The summed E-state index contributed by atoms with van der Waals surface area (Å²) in [5, 5.41) is 1.12. The molecule has 0 radical (unpaired) electrons. The van der Waals surface area contributed by atoms with Gasteiger partial charge in [0.1, 0.15) is 0 Å². The number of esters is 1. The molecule has 3 unspecified atom stereocenters. The Morgan fingerprint density at radius 2 is 1.88 bits per heavy atom. The van der Waals surface area contributed by atoms with Crippen molar-refractivity contribution < 1.29 is 9.53 Å². The van der Waals surface area contributed by atoms with E-state index in [1.807, 2.05) is 11.8 Å². The number of carbonyl (C=O) groups excluding carboxylic acids is 1. The van der Waals surface area contributed by atoms with Crippen LogP contribution >= 0.6 is 11.8 Å². The van der Waals surface area contributed by atoms with E-state index in [1.165, 1.54) is 26.4 Å². The number of methoxy groups -OCH3 is 1. The molecule has 1 saturated carbocycles. The van der Waals surface area contributed by atoms with E-state index in [-0.39, 0.29) is 5.97 Å². The molecule has 0 aromatic rings. The number of hydrogen-bond donors (Lipinski definition) is 0. The van der Waals surface area contributed by atoms with Crippen molar-refractivity contribution >= 4 is 17.7 Å². The van der Waals surface area contributed by atoms with Gasteiger partial charge in [-0.15, -0.1) is 0 Å². The first-order valence-electron chi connectivity index (χ1n) is 6.23. The second-order valence-corrected chi connectivity index (χ2v) is 7.01. The highest BCUT2D eigenvalue weighted by molar-refractivity contribution is 8.00. The van der Waals surface area contributed by atoms with Gasteiger partial charge in [-0.1, -0.05) is 20.8 Å². The van der Waals surface area contributed by atoms with E-state index < -0.39 is 0 Å². The second kappa shape index (κ2) is 6.53. The smallest absolute Gasteiger partial charge is 0.306 e. The normalized spacial score (nSPS) is 32.1. The monoisotopic (exact) mass is 244 g/mol. The van der Waals surface area contributed by atoms with Crippen LogP contribution in [0.15, 0.2) is 0 Å². The SMILES string of the molecule is COC(=O)CC(C)SC1CC(C)CC(C)C1. The number of hydrogen-bond acceptors (Lipinski definition) is 3. The van der Waals surface area contributed by atoms with Gasteiger partial charge in [-0.3, -0.25) is 4.79 Å². The number of carbonyl (C=O) groups is 1. The molecule has 16 heavy (non-hydrogen) atoms. The molecule has 0 saturated heterocycles. The fraction of sp³-hybridized carbons (Fsp3) is 0.923. The van der Waals surface area contributed by atoms with Gasteiger partial charge in [0.05, 0.1) is 13.5 Å². The fourth-order valence-corrected chi connectivity index (χ4v) is 4.45. The summed E-state index contributed by atoms with van der Waals surface area (Å²) in [5.74, 6) is 1.59. The molecule has 0 amide bonds. The van der Waals surface area contributed by atoms with E-state index in [2.05, 4.69) is 20.8 Å². The third-order valence-electron chi connectivity index (χ3n) is 3.24. The highest BCUT2D eigenvalue weighted by Crippen LogP contribution is 2.37. The topological polar surface area (TPSA) is 26.3 Å². The van der Waals surface area contributed by atoms with Crippen LogP contribution in [0, 0.1) is 11.8 Å². The maximum atomic E-state index is 11.2. The van der Waals surface area contributed by atoms with Crippen LogP contribution in [-0.4, -0.2) is 23.6 Å². The maximum absolute atomic E-state index is 11.2. The lowest BCUT2D eigenvalue weighted by atomic mass is 9.83. The number of ether oxygens (including phenoxy) is 1. The van der Waals surface area contributed by atoms with Gasteiger partial charge in [0.2, 0.25) is 0 Å². The van der Waals surface area contributed by atoms with Crippen molar-refractivity contribution in [1.29, 1.82) is 0 Å². The molecule has 0 heterocycles. The van der Waals surface area contributed by atoms with Crippen molar-refractivity contribution in [3.8, 4) is 0 Å². The molecule has 1 fully saturated rings. The van der Waals surface area contributed by atoms with Gasteiger partial charge >= 0.3 is 5.97 Å².